The molecule has 0 aliphatic carbocycles. The molecule has 2 amide bonds. The summed E-state index contributed by atoms with van der Waals surface area (Å²) in [7, 11) is 0. The summed E-state index contributed by atoms with van der Waals surface area (Å²) in [6.07, 6.45) is 0.377. The highest BCUT2D eigenvalue weighted by molar-refractivity contribution is 7.15. The molecule has 0 bridgehead atoms. The van der Waals surface area contributed by atoms with E-state index >= 15 is 0 Å². The van der Waals surface area contributed by atoms with Crippen molar-refractivity contribution >= 4 is 39.8 Å². The Bertz CT molecular complexity index is 1390. The number of non-ortho nitro benzene ring substituents is 1. The van der Waals surface area contributed by atoms with Crippen molar-refractivity contribution in [2.45, 2.75) is 6.42 Å². The molecule has 11 nitrogen and oxygen atoms in total. The zero-order valence-corrected chi connectivity index (χ0v) is 18.2. The first-order valence-electron chi connectivity index (χ1n) is 10.1. The van der Waals surface area contributed by atoms with Crippen molar-refractivity contribution < 1.29 is 14.5 Å². The minimum atomic E-state index is -0.464. The van der Waals surface area contributed by atoms with Crippen LogP contribution in [-0.2, 0) is 6.42 Å². The number of carbonyl (C=O) groups excluding carboxylic acids is 2. The third kappa shape index (κ3) is 4.09. The van der Waals surface area contributed by atoms with Gasteiger partial charge in [0, 0.05) is 30.7 Å². The van der Waals surface area contributed by atoms with Crippen molar-refractivity contribution in [2.75, 3.05) is 11.9 Å². The Balaban J connectivity index is 1.21. The molecular formula is C22H15N7O4S. The van der Waals surface area contributed by atoms with E-state index in [0.29, 0.717) is 44.8 Å². The third-order valence-electron chi connectivity index (χ3n) is 5.15. The molecule has 1 aliphatic rings. The summed E-state index contributed by atoms with van der Waals surface area (Å²) < 4.78 is 0. The topological polar surface area (TPSA) is 144 Å². The number of nitrogens with one attached hydrogen (secondary N) is 1. The molecule has 5 rings (SSSR count). The van der Waals surface area contributed by atoms with Crippen molar-refractivity contribution in [2.24, 2.45) is 0 Å². The minimum absolute atomic E-state index is 0.0240. The lowest BCUT2D eigenvalue weighted by atomic mass is 10.1. The van der Waals surface area contributed by atoms with Crippen LogP contribution in [0.15, 0.2) is 60.7 Å². The molecule has 0 unspecified atom stereocenters. The maximum Gasteiger partial charge on any atom is 0.270 e. The van der Waals surface area contributed by atoms with E-state index in [0.717, 1.165) is 0 Å². The fraction of sp³-hybridized carbons (Fsp3) is 0.0909. The average molecular weight is 473 g/mol. The number of carbonyl (C=O) groups is 2. The van der Waals surface area contributed by atoms with Crippen LogP contribution in [0.25, 0.3) is 11.3 Å². The monoisotopic (exact) mass is 473 g/mol. The van der Waals surface area contributed by atoms with Crippen LogP contribution in [-0.4, -0.2) is 48.6 Å². The molecule has 4 aromatic rings. The number of rotatable bonds is 7. The SMILES string of the molecule is O=C1c2ccccc2C(=O)N1CCc1nnc(Nc2ccc(-c3cccc([N+](=O)[O-])c3)nn2)s1. The Morgan fingerprint density at radius 2 is 1.68 bits per heavy atom. The summed E-state index contributed by atoms with van der Waals surface area (Å²) in [5.74, 6) is -0.178. The predicted molar refractivity (Wildman–Crippen MR) is 123 cm³/mol. The van der Waals surface area contributed by atoms with E-state index in [1.165, 1.54) is 28.4 Å². The Hall–Kier alpha value is -4.58. The fourth-order valence-electron chi connectivity index (χ4n) is 3.50. The van der Waals surface area contributed by atoms with Crippen molar-refractivity contribution in [1.29, 1.82) is 0 Å². The molecule has 0 atom stereocenters. The van der Waals surface area contributed by atoms with Gasteiger partial charge in [-0.1, -0.05) is 35.6 Å². The van der Waals surface area contributed by atoms with Gasteiger partial charge in [-0.05, 0) is 24.3 Å². The second-order valence-electron chi connectivity index (χ2n) is 7.29. The predicted octanol–water partition coefficient (Wildman–Crippen LogP) is 3.49. The average Bonchev–Trinajstić information content (AvgIpc) is 3.40. The molecule has 1 aliphatic heterocycles. The maximum atomic E-state index is 12.5. The van der Waals surface area contributed by atoms with Crippen LogP contribution in [0, 0.1) is 10.1 Å². The van der Waals surface area contributed by atoms with Gasteiger partial charge in [0.2, 0.25) is 5.13 Å². The zero-order chi connectivity index (χ0) is 23.7. The van der Waals surface area contributed by atoms with E-state index in [2.05, 4.69) is 25.7 Å². The number of fused-ring (bicyclic) bond motifs is 1. The molecule has 0 saturated carbocycles. The van der Waals surface area contributed by atoms with Gasteiger partial charge in [-0.15, -0.1) is 20.4 Å². The van der Waals surface area contributed by atoms with Gasteiger partial charge in [0.05, 0.1) is 21.7 Å². The van der Waals surface area contributed by atoms with Gasteiger partial charge >= 0.3 is 0 Å². The Morgan fingerprint density at radius 1 is 0.912 bits per heavy atom. The van der Waals surface area contributed by atoms with E-state index in [9.17, 15) is 19.7 Å². The summed E-state index contributed by atoms with van der Waals surface area (Å²) >= 11 is 1.28. The molecule has 0 spiro atoms. The molecule has 1 N–H and O–H groups in total. The molecule has 0 radical (unpaired) electrons. The first-order valence-corrected chi connectivity index (χ1v) is 10.9. The van der Waals surface area contributed by atoms with Gasteiger partial charge in [0.15, 0.2) is 5.82 Å². The standard InChI is InChI=1S/C22H15N7O4S/c30-20-15-6-1-2-7-16(15)21(31)28(20)11-10-19-26-27-22(34-19)23-18-9-8-17(24-25-18)13-4-3-5-14(12-13)29(32)33/h1-9,12H,10-11H2,(H,23,25,27). The molecule has 0 fully saturated rings. The van der Waals surface area contributed by atoms with Crippen molar-refractivity contribution in [3.8, 4) is 11.3 Å². The van der Waals surface area contributed by atoms with Gasteiger partial charge < -0.3 is 5.32 Å². The number of nitro benzene ring substituents is 1. The quantitative estimate of drug-likeness (QED) is 0.242. The number of benzene rings is 2. The van der Waals surface area contributed by atoms with Gasteiger partial charge in [0.1, 0.15) is 5.01 Å². The Morgan fingerprint density at radius 3 is 2.35 bits per heavy atom. The van der Waals surface area contributed by atoms with Crippen molar-refractivity contribution in [3.05, 3.63) is 86.9 Å². The van der Waals surface area contributed by atoms with E-state index < -0.39 is 4.92 Å². The number of nitrogens with zero attached hydrogens (tertiary/aromatic N) is 6. The van der Waals surface area contributed by atoms with Crippen LogP contribution in [0.2, 0.25) is 0 Å². The number of aromatic nitrogens is 4. The summed E-state index contributed by atoms with van der Waals surface area (Å²) in [6, 6.07) is 16.3. The number of hydrogen-bond acceptors (Lipinski definition) is 10. The summed E-state index contributed by atoms with van der Waals surface area (Å²) in [5.41, 5.74) is 1.88. The maximum absolute atomic E-state index is 12.5. The fourth-order valence-corrected chi connectivity index (χ4v) is 4.23. The Labute approximate surface area is 196 Å². The van der Waals surface area contributed by atoms with Crippen LogP contribution >= 0.6 is 11.3 Å². The Kier molecular flexibility index (Phi) is 5.47. The smallest absolute Gasteiger partial charge is 0.270 e. The van der Waals surface area contributed by atoms with Crippen molar-refractivity contribution in [3.63, 3.8) is 0 Å². The van der Waals surface area contributed by atoms with E-state index in [1.54, 1.807) is 48.5 Å². The molecule has 34 heavy (non-hydrogen) atoms. The van der Waals surface area contributed by atoms with Crippen LogP contribution in [0.4, 0.5) is 16.6 Å². The normalized spacial score (nSPS) is 12.6. The highest BCUT2D eigenvalue weighted by Gasteiger charge is 2.34. The van der Waals surface area contributed by atoms with Gasteiger partial charge in [-0.2, -0.15) is 0 Å². The van der Waals surface area contributed by atoms with Gasteiger partial charge in [0.25, 0.3) is 17.5 Å². The van der Waals surface area contributed by atoms with E-state index in [1.807, 2.05) is 0 Å². The van der Waals surface area contributed by atoms with Crippen LogP contribution < -0.4 is 5.32 Å². The lowest BCUT2D eigenvalue weighted by Gasteiger charge is -2.12. The zero-order valence-electron chi connectivity index (χ0n) is 17.4. The molecule has 2 aromatic carbocycles. The van der Waals surface area contributed by atoms with Gasteiger partial charge in [-0.25, -0.2) is 0 Å². The number of anilines is 2. The van der Waals surface area contributed by atoms with Crippen LogP contribution in [0.3, 0.4) is 0 Å². The number of amides is 2. The first-order chi connectivity index (χ1) is 16.5. The second-order valence-corrected chi connectivity index (χ2v) is 8.36. The van der Waals surface area contributed by atoms with E-state index in [-0.39, 0.29) is 24.0 Å². The largest absolute Gasteiger partial charge is 0.313 e. The third-order valence-corrected chi connectivity index (χ3v) is 6.05. The molecule has 3 heterocycles. The molecule has 168 valence electrons. The highest BCUT2D eigenvalue weighted by Crippen LogP contribution is 2.26. The number of nitro groups is 1. The molecule has 2 aromatic heterocycles. The summed E-state index contributed by atoms with van der Waals surface area (Å²) in [4.78, 5) is 36.7. The number of hydrogen-bond donors (Lipinski definition) is 1. The molecule has 12 heteroatoms. The number of imide groups is 1. The highest BCUT2D eigenvalue weighted by atomic mass is 32.1. The van der Waals surface area contributed by atoms with E-state index in [4.69, 9.17) is 0 Å². The van der Waals surface area contributed by atoms with Gasteiger partial charge in [-0.3, -0.25) is 24.6 Å². The minimum Gasteiger partial charge on any atom is -0.313 e. The summed E-state index contributed by atoms with van der Waals surface area (Å²) in [5, 5.41) is 31.5. The second kappa shape index (κ2) is 8.75. The molecular weight excluding hydrogens is 458 g/mol. The lowest BCUT2D eigenvalue weighted by molar-refractivity contribution is -0.384. The first kappa shape index (κ1) is 21.3. The molecule has 0 saturated heterocycles. The van der Waals surface area contributed by atoms with Crippen LogP contribution in [0.1, 0.15) is 25.7 Å². The lowest BCUT2D eigenvalue weighted by Crippen LogP contribution is -2.31. The van der Waals surface area contributed by atoms with Crippen LogP contribution in [0.5, 0.6) is 0 Å². The van der Waals surface area contributed by atoms with Crippen molar-refractivity contribution in [1.82, 2.24) is 25.3 Å². The summed E-state index contributed by atoms with van der Waals surface area (Å²) in [6.45, 7) is 0.207.